The lowest BCUT2D eigenvalue weighted by atomic mass is 9.98. The number of hydrogen-bond acceptors (Lipinski definition) is 4. The highest BCUT2D eigenvalue weighted by Crippen LogP contribution is 2.35. The first kappa shape index (κ1) is 13.3. The molecule has 106 valence electrons. The summed E-state index contributed by atoms with van der Waals surface area (Å²) >= 11 is 0. The van der Waals surface area contributed by atoms with Crippen molar-refractivity contribution in [2.24, 2.45) is 0 Å². The molecule has 0 bridgehead atoms. The quantitative estimate of drug-likeness (QED) is 0.800. The van der Waals surface area contributed by atoms with Crippen LogP contribution in [0.25, 0.3) is 22.5 Å². The van der Waals surface area contributed by atoms with Crippen LogP contribution in [0.1, 0.15) is 11.1 Å². The van der Waals surface area contributed by atoms with Gasteiger partial charge in [0.15, 0.2) is 0 Å². The van der Waals surface area contributed by atoms with Crippen molar-refractivity contribution >= 4 is 0 Å². The molecular weight excluding hydrogens is 264 g/mol. The van der Waals surface area contributed by atoms with Crippen molar-refractivity contribution in [3.8, 4) is 28.3 Å². The average Bonchev–Trinajstić information content (AvgIpc) is 2.99. The summed E-state index contributed by atoms with van der Waals surface area (Å²) in [6.07, 6.45) is 5.12. The highest BCUT2D eigenvalue weighted by atomic mass is 16.5. The first-order valence-electron chi connectivity index (χ1n) is 6.66. The zero-order valence-corrected chi connectivity index (χ0v) is 12.2. The SMILES string of the molecule is COc1cc(C)cc(-c2n[nH]cc2-c2ccncn2)c1C. The van der Waals surface area contributed by atoms with Crippen LogP contribution in [-0.2, 0) is 0 Å². The highest BCUT2D eigenvalue weighted by molar-refractivity contribution is 5.81. The van der Waals surface area contributed by atoms with Gasteiger partial charge in [0.05, 0.1) is 12.8 Å². The molecule has 0 saturated heterocycles. The average molecular weight is 280 g/mol. The van der Waals surface area contributed by atoms with Crippen LogP contribution in [0.2, 0.25) is 0 Å². The van der Waals surface area contributed by atoms with E-state index in [1.807, 2.05) is 32.2 Å². The van der Waals surface area contributed by atoms with Gasteiger partial charge in [0.1, 0.15) is 17.8 Å². The number of H-pyrrole nitrogens is 1. The molecule has 5 heteroatoms. The smallest absolute Gasteiger partial charge is 0.122 e. The summed E-state index contributed by atoms with van der Waals surface area (Å²) < 4.78 is 5.45. The second kappa shape index (κ2) is 5.36. The molecule has 0 radical (unpaired) electrons. The molecule has 0 amide bonds. The van der Waals surface area contributed by atoms with Crippen LogP contribution in [0.4, 0.5) is 0 Å². The molecule has 0 unspecified atom stereocenters. The molecule has 3 rings (SSSR count). The van der Waals surface area contributed by atoms with Crippen molar-refractivity contribution in [3.05, 3.63) is 48.0 Å². The van der Waals surface area contributed by atoms with Crippen LogP contribution in [0.5, 0.6) is 5.75 Å². The maximum absolute atomic E-state index is 5.45. The summed E-state index contributed by atoms with van der Waals surface area (Å²) in [6.45, 7) is 4.08. The largest absolute Gasteiger partial charge is 0.496 e. The van der Waals surface area contributed by atoms with E-state index in [1.165, 1.54) is 6.33 Å². The summed E-state index contributed by atoms with van der Waals surface area (Å²) in [7, 11) is 1.68. The number of hydrogen-bond donors (Lipinski definition) is 1. The Morgan fingerprint density at radius 2 is 2.00 bits per heavy atom. The predicted octanol–water partition coefficient (Wildman–Crippen LogP) is 3.16. The molecule has 0 saturated carbocycles. The van der Waals surface area contributed by atoms with Crippen molar-refractivity contribution in [1.29, 1.82) is 0 Å². The monoisotopic (exact) mass is 280 g/mol. The minimum Gasteiger partial charge on any atom is -0.496 e. The van der Waals surface area contributed by atoms with Gasteiger partial charge in [-0.3, -0.25) is 5.10 Å². The number of methoxy groups -OCH3 is 1. The van der Waals surface area contributed by atoms with Crippen LogP contribution < -0.4 is 4.74 Å². The minimum absolute atomic E-state index is 0.841. The molecule has 0 aliphatic carbocycles. The fourth-order valence-electron chi connectivity index (χ4n) is 2.42. The number of aromatic nitrogens is 4. The van der Waals surface area contributed by atoms with Gasteiger partial charge in [0.25, 0.3) is 0 Å². The molecule has 0 aliphatic rings. The highest BCUT2D eigenvalue weighted by Gasteiger charge is 2.16. The van der Waals surface area contributed by atoms with Gasteiger partial charge in [-0.1, -0.05) is 0 Å². The van der Waals surface area contributed by atoms with Crippen LogP contribution in [0.15, 0.2) is 36.9 Å². The van der Waals surface area contributed by atoms with Crippen LogP contribution in [0, 0.1) is 13.8 Å². The van der Waals surface area contributed by atoms with E-state index in [0.29, 0.717) is 0 Å². The van der Waals surface area contributed by atoms with Gasteiger partial charge in [0.2, 0.25) is 0 Å². The third kappa shape index (κ3) is 2.38. The molecule has 0 spiro atoms. The van der Waals surface area contributed by atoms with E-state index in [-0.39, 0.29) is 0 Å². The third-order valence-electron chi connectivity index (χ3n) is 3.48. The van der Waals surface area contributed by atoms with Crippen molar-refractivity contribution in [3.63, 3.8) is 0 Å². The van der Waals surface area contributed by atoms with Crippen LogP contribution in [0.3, 0.4) is 0 Å². The Morgan fingerprint density at radius 1 is 1.14 bits per heavy atom. The second-order valence-electron chi connectivity index (χ2n) is 4.88. The van der Waals surface area contributed by atoms with E-state index in [0.717, 1.165) is 39.4 Å². The van der Waals surface area contributed by atoms with Gasteiger partial charge in [-0.2, -0.15) is 5.10 Å². The standard InChI is InChI=1S/C16H16N4O/c1-10-6-12(11(2)15(7-10)21-3)16-13(8-19-20-16)14-4-5-17-9-18-14/h4-9H,1-3H3,(H,19,20). The zero-order valence-electron chi connectivity index (χ0n) is 12.2. The Kier molecular flexibility index (Phi) is 3.39. The Bertz CT molecular complexity index is 765. The fourth-order valence-corrected chi connectivity index (χ4v) is 2.42. The van der Waals surface area contributed by atoms with Gasteiger partial charge in [-0.15, -0.1) is 0 Å². The topological polar surface area (TPSA) is 63.7 Å². The number of nitrogens with zero attached hydrogens (tertiary/aromatic N) is 3. The molecule has 2 aromatic heterocycles. The third-order valence-corrected chi connectivity index (χ3v) is 3.48. The van der Waals surface area contributed by atoms with Gasteiger partial charge < -0.3 is 4.74 Å². The molecule has 0 fully saturated rings. The Morgan fingerprint density at radius 3 is 2.71 bits per heavy atom. The summed E-state index contributed by atoms with van der Waals surface area (Å²) in [5.74, 6) is 0.863. The van der Waals surface area contributed by atoms with Gasteiger partial charge in [0, 0.05) is 29.1 Å². The van der Waals surface area contributed by atoms with Gasteiger partial charge >= 0.3 is 0 Å². The van der Waals surface area contributed by atoms with Gasteiger partial charge in [-0.05, 0) is 37.6 Å². The molecule has 2 heterocycles. The summed E-state index contributed by atoms with van der Waals surface area (Å²) in [6, 6.07) is 6.01. The van der Waals surface area contributed by atoms with E-state index in [2.05, 4.69) is 26.2 Å². The Labute approximate surface area is 123 Å². The van der Waals surface area contributed by atoms with Crippen LogP contribution in [-0.4, -0.2) is 27.3 Å². The van der Waals surface area contributed by atoms with Crippen molar-refractivity contribution in [2.75, 3.05) is 7.11 Å². The summed E-state index contributed by atoms with van der Waals surface area (Å²) in [5.41, 5.74) is 5.89. The first-order valence-corrected chi connectivity index (χ1v) is 6.66. The van der Waals surface area contributed by atoms with E-state index in [4.69, 9.17) is 4.74 Å². The molecule has 3 aromatic rings. The second-order valence-corrected chi connectivity index (χ2v) is 4.88. The van der Waals surface area contributed by atoms with Crippen LogP contribution >= 0.6 is 0 Å². The van der Waals surface area contributed by atoms with E-state index < -0.39 is 0 Å². The Hall–Kier alpha value is -2.69. The lowest BCUT2D eigenvalue weighted by molar-refractivity contribution is 0.411. The zero-order chi connectivity index (χ0) is 14.8. The molecule has 5 nitrogen and oxygen atoms in total. The number of rotatable bonds is 3. The molecule has 1 N–H and O–H groups in total. The first-order chi connectivity index (χ1) is 10.2. The lowest BCUT2D eigenvalue weighted by Crippen LogP contribution is -1.94. The molecule has 0 aliphatic heterocycles. The number of benzene rings is 1. The van der Waals surface area contributed by atoms with E-state index in [9.17, 15) is 0 Å². The van der Waals surface area contributed by atoms with Crippen molar-refractivity contribution in [1.82, 2.24) is 20.2 Å². The number of aryl methyl sites for hydroxylation is 1. The lowest BCUT2D eigenvalue weighted by Gasteiger charge is -2.11. The molecule has 0 atom stereocenters. The molecule has 21 heavy (non-hydrogen) atoms. The number of aromatic amines is 1. The predicted molar refractivity (Wildman–Crippen MR) is 81.1 cm³/mol. The number of ether oxygens (including phenoxy) is 1. The summed E-state index contributed by atoms with van der Waals surface area (Å²) in [4.78, 5) is 8.25. The maximum Gasteiger partial charge on any atom is 0.122 e. The van der Waals surface area contributed by atoms with E-state index >= 15 is 0 Å². The van der Waals surface area contributed by atoms with E-state index in [1.54, 1.807) is 13.3 Å². The Balaban J connectivity index is 2.19. The normalized spacial score (nSPS) is 10.6. The molecule has 1 aromatic carbocycles. The number of nitrogens with one attached hydrogen (secondary N) is 1. The minimum atomic E-state index is 0.841. The van der Waals surface area contributed by atoms with Crippen molar-refractivity contribution in [2.45, 2.75) is 13.8 Å². The fraction of sp³-hybridized carbons (Fsp3) is 0.188. The maximum atomic E-state index is 5.45. The van der Waals surface area contributed by atoms with Gasteiger partial charge in [-0.25, -0.2) is 9.97 Å². The molecular formula is C16H16N4O. The van der Waals surface area contributed by atoms with Crippen molar-refractivity contribution < 1.29 is 4.74 Å². The summed E-state index contributed by atoms with van der Waals surface area (Å²) in [5, 5.41) is 7.33.